The fourth-order valence-corrected chi connectivity index (χ4v) is 3.68. The quantitative estimate of drug-likeness (QED) is 0.255. The molecule has 0 spiro atoms. The minimum absolute atomic E-state index is 0.0271. The second-order valence-corrected chi connectivity index (χ2v) is 8.26. The normalized spacial score (nSPS) is 12.3. The van der Waals surface area contributed by atoms with E-state index in [0.717, 1.165) is 11.1 Å². The smallest absolute Gasteiger partial charge is 0.271 e. The fourth-order valence-electron chi connectivity index (χ4n) is 3.68. The molecule has 0 aliphatic heterocycles. The molecule has 3 amide bonds. The summed E-state index contributed by atoms with van der Waals surface area (Å²) in [7, 11) is 0. The number of carbonyl (C=O) groups excluding carboxylic acids is 3. The third kappa shape index (κ3) is 8.00. The molecule has 5 N–H and O–H groups in total. The molecule has 9 nitrogen and oxygen atoms in total. The van der Waals surface area contributed by atoms with Gasteiger partial charge in [-0.2, -0.15) is 0 Å². The largest absolute Gasteiger partial charge is 0.394 e. The topological polar surface area (TPSA) is 141 Å². The Morgan fingerprint density at radius 2 is 1.28 bits per heavy atom. The molecule has 36 heavy (non-hydrogen) atoms. The average Bonchev–Trinajstić information content (AvgIpc) is 2.92. The van der Waals surface area contributed by atoms with Crippen molar-refractivity contribution in [3.63, 3.8) is 0 Å². The second kappa shape index (κ2) is 13.7. The lowest BCUT2D eigenvalue weighted by Gasteiger charge is -2.18. The van der Waals surface area contributed by atoms with Crippen LogP contribution in [0.25, 0.3) is 0 Å². The average molecular weight is 491 g/mol. The Bertz CT molecular complexity index is 1140. The second-order valence-electron chi connectivity index (χ2n) is 8.26. The summed E-state index contributed by atoms with van der Waals surface area (Å²) < 4.78 is 0. The molecular formula is C27H30N4O5. The van der Waals surface area contributed by atoms with Crippen molar-refractivity contribution in [2.24, 2.45) is 0 Å². The number of hydrogen-bond acceptors (Lipinski definition) is 6. The highest BCUT2D eigenvalue weighted by molar-refractivity contribution is 6.06. The van der Waals surface area contributed by atoms with Gasteiger partial charge < -0.3 is 26.2 Å². The summed E-state index contributed by atoms with van der Waals surface area (Å²) in [6.07, 6.45) is 2.23. The van der Waals surface area contributed by atoms with Gasteiger partial charge in [0.05, 0.1) is 37.4 Å². The zero-order chi connectivity index (χ0) is 25.8. The zero-order valence-electron chi connectivity index (χ0n) is 19.8. The number of pyridine rings is 1. The molecule has 3 rings (SSSR count). The van der Waals surface area contributed by atoms with Crippen LogP contribution in [-0.2, 0) is 17.6 Å². The van der Waals surface area contributed by atoms with E-state index in [1.807, 2.05) is 60.7 Å². The van der Waals surface area contributed by atoms with Crippen molar-refractivity contribution in [2.45, 2.75) is 24.9 Å². The first-order chi connectivity index (χ1) is 17.5. The Kier molecular flexibility index (Phi) is 10.1. The minimum Gasteiger partial charge on any atom is -0.394 e. The van der Waals surface area contributed by atoms with Crippen molar-refractivity contribution >= 4 is 17.7 Å². The molecule has 0 fully saturated rings. The Labute approximate surface area is 209 Å². The van der Waals surface area contributed by atoms with Gasteiger partial charge in [-0.05, 0) is 36.1 Å². The first-order valence-corrected chi connectivity index (χ1v) is 11.6. The van der Waals surface area contributed by atoms with E-state index in [1.54, 1.807) is 0 Å². The monoisotopic (exact) mass is 490 g/mol. The van der Waals surface area contributed by atoms with Crippen LogP contribution in [0.15, 0.2) is 79.0 Å². The van der Waals surface area contributed by atoms with E-state index >= 15 is 0 Å². The van der Waals surface area contributed by atoms with Gasteiger partial charge in [0.15, 0.2) is 0 Å². The lowest BCUT2D eigenvalue weighted by atomic mass is 10.1. The number of aromatic nitrogens is 1. The van der Waals surface area contributed by atoms with Crippen molar-refractivity contribution < 1.29 is 24.6 Å². The molecule has 2 unspecified atom stereocenters. The number of amides is 3. The molecule has 0 aliphatic carbocycles. The lowest BCUT2D eigenvalue weighted by molar-refractivity contribution is -0.121. The molecule has 1 heterocycles. The maximum Gasteiger partial charge on any atom is 0.271 e. The minimum atomic E-state index is -0.692. The van der Waals surface area contributed by atoms with E-state index in [0.29, 0.717) is 12.8 Å². The predicted molar refractivity (Wildman–Crippen MR) is 134 cm³/mol. The van der Waals surface area contributed by atoms with E-state index in [2.05, 4.69) is 20.9 Å². The molecule has 0 saturated carbocycles. The molecule has 2 aromatic carbocycles. The van der Waals surface area contributed by atoms with Crippen LogP contribution in [0.2, 0.25) is 0 Å². The zero-order valence-corrected chi connectivity index (χ0v) is 19.8. The molecule has 0 aliphatic rings. The molecule has 188 valence electrons. The number of carbonyl (C=O) groups is 3. The van der Waals surface area contributed by atoms with Gasteiger partial charge in [-0.3, -0.25) is 19.4 Å². The van der Waals surface area contributed by atoms with Gasteiger partial charge in [-0.15, -0.1) is 0 Å². The van der Waals surface area contributed by atoms with Crippen molar-refractivity contribution in [1.29, 1.82) is 0 Å². The summed E-state index contributed by atoms with van der Waals surface area (Å²) in [6.45, 7) is -0.888. The molecular weight excluding hydrogens is 460 g/mol. The summed E-state index contributed by atoms with van der Waals surface area (Å²) in [6, 6.07) is 20.7. The highest BCUT2D eigenvalue weighted by Gasteiger charge is 2.22. The highest BCUT2D eigenvalue weighted by Crippen LogP contribution is 2.08. The maximum absolute atomic E-state index is 12.9. The molecule has 0 radical (unpaired) electrons. The van der Waals surface area contributed by atoms with Gasteiger partial charge in [0.2, 0.25) is 5.91 Å². The maximum atomic E-state index is 12.9. The molecule has 0 saturated heterocycles. The number of aliphatic hydroxyl groups excluding tert-OH is 2. The fraction of sp³-hybridized carbons (Fsp3) is 0.259. The number of nitrogens with one attached hydrogen (secondary N) is 3. The van der Waals surface area contributed by atoms with Gasteiger partial charge in [-0.1, -0.05) is 60.7 Å². The van der Waals surface area contributed by atoms with Crippen LogP contribution in [0.5, 0.6) is 0 Å². The van der Waals surface area contributed by atoms with Gasteiger partial charge in [0, 0.05) is 6.20 Å². The summed E-state index contributed by atoms with van der Waals surface area (Å²) in [5.74, 6) is -1.73. The number of aliphatic hydroxyl groups is 2. The standard InChI is InChI=1S/C27H30N4O5/c32-17-21(14-19-8-3-1-4-9-19)30-24(34)16-29-27(36)25-23(12-7-13-28-25)26(35)31-22(18-33)15-20-10-5-2-6-11-20/h1-13,21-22,32-33H,14-18H2,(H,29,36)(H,30,34)(H,31,35). The summed E-state index contributed by atoms with van der Waals surface area (Å²) >= 11 is 0. The van der Waals surface area contributed by atoms with Gasteiger partial charge >= 0.3 is 0 Å². The van der Waals surface area contributed by atoms with Crippen LogP contribution in [0.3, 0.4) is 0 Å². The molecule has 9 heteroatoms. The van der Waals surface area contributed by atoms with Gasteiger partial charge in [0.1, 0.15) is 5.69 Å². The van der Waals surface area contributed by atoms with E-state index < -0.39 is 29.8 Å². The van der Waals surface area contributed by atoms with Crippen molar-refractivity contribution in [3.8, 4) is 0 Å². The van der Waals surface area contributed by atoms with Crippen LogP contribution >= 0.6 is 0 Å². The van der Waals surface area contributed by atoms with Crippen LogP contribution < -0.4 is 16.0 Å². The SMILES string of the molecule is O=C(CNC(=O)c1ncccc1C(=O)NC(CO)Cc1ccccc1)NC(CO)Cc1ccccc1. The Morgan fingerprint density at radius 3 is 1.83 bits per heavy atom. The Morgan fingerprint density at radius 1 is 0.722 bits per heavy atom. The van der Waals surface area contributed by atoms with Crippen LogP contribution in [0, 0.1) is 0 Å². The van der Waals surface area contributed by atoms with E-state index in [1.165, 1.54) is 18.3 Å². The number of nitrogens with zero attached hydrogens (tertiary/aromatic N) is 1. The Balaban J connectivity index is 1.57. The molecule has 2 atom stereocenters. The lowest BCUT2D eigenvalue weighted by Crippen LogP contribution is -2.45. The van der Waals surface area contributed by atoms with Crippen LogP contribution in [0.4, 0.5) is 0 Å². The van der Waals surface area contributed by atoms with E-state index in [4.69, 9.17) is 0 Å². The first-order valence-electron chi connectivity index (χ1n) is 11.6. The third-order valence-electron chi connectivity index (χ3n) is 5.47. The van der Waals surface area contributed by atoms with Crippen molar-refractivity contribution in [1.82, 2.24) is 20.9 Å². The van der Waals surface area contributed by atoms with Gasteiger partial charge in [-0.25, -0.2) is 0 Å². The van der Waals surface area contributed by atoms with Crippen LogP contribution in [0.1, 0.15) is 32.0 Å². The predicted octanol–water partition coefficient (Wildman–Crippen LogP) is 0.865. The summed E-state index contributed by atoms with van der Waals surface area (Å²) in [4.78, 5) is 42.0. The molecule has 3 aromatic rings. The van der Waals surface area contributed by atoms with Crippen molar-refractivity contribution in [2.75, 3.05) is 19.8 Å². The number of benzene rings is 2. The summed E-state index contributed by atoms with van der Waals surface area (Å²) in [5, 5.41) is 27.2. The van der Waals surface area contributed by atoms with Crippen LogP contribution in [-0.4, -0.2) is 64.8 Å². The van der Waals surface area contributed by atoms with Crippen molar-refractivity contribution in [3.05, 3.63) is 101 Å². The highest BCUT2D eigenvalue weighted by atomic mass is 16.3. The number of hydrogen-bond donors (Lipinski definition) is 5. The summed E-state index contributed by atoms with van der Waals surface area (Å²) in [5.41, 5.74) is 1.79. The number of rotatable bonds is 12. The first kappa shape index (κ1) is 26.5. The van der Waals surface area contributed by atoms with E-state index in [-0.39, 0.29) is 31.0 Å². The Hall–Kier alpha value is -4.08. The molecule has 1 aromatic heterocycles. The van der Waals surface area contributed by atoms with Gasteiger partial charge in [0.25, 0.3) is 11.8 Å². The molecule has 0 bridgehead atoms. The third-order valence-corrected chi connectivity index (χ3v) is 5.47. The van der Waals surface area contributed by atoms with E-state index in [9.17, 15) is 24.6 Å².